The van der Waals surface area contributed by atoms with Crippen LogP contribution in [0.15, 0.2) is 41.8 Å². The average molecular weight is 537 g/mol. The van der Waals surface area contributed by atoms with Gasteiger partial charge in [-0.05, 0) is 75.9 Å². The van der Waals surface area contributed by atoms with E-state index in [1.165, 1.54) is 23.5 Å². The second-order valence-electron chi connectivity index (χ2n) is 10.7. The van der Waals surface area contributed by atoms with Crippen LogP contribution in [0.5, 0.6) is 0 Å². The fourth-order valence-electron chi connectivity index (χ4n) is 4.79. The number of thiazole rings is 1. The van der Waals surface area contributed by atoms with Crippen LogP contribution in [-0.2, 0) is 16.0 Å². The van der Waals surface area contributed by atoms with E-state index in [-0.39, 0.29) is 17.7 Å². The van der Waals surface area contributed by atoms with Crippen LogP contribution in [0.1, 0.15) is 46.2 Å². The van der Waals surface area contributed by atoms with Crippen LogP contribution in [0.4, 0.5) is 21.2 Å². The van der Waals surface area contributed by atoms with Crippen LogP contribution < -0.4 is 9.80 Å². The highest BCUT2D eigenvalue weighted by Gasteiger charge is 2.29. The SMILES string of the molecule is CCc1nc2ccc(N3CCC(CC(=O)OC(C)(C)C)C3)nn2c1N(C)c1nc(-c2ccc(F)cc2)cs1. The summed E-state index contributed by atoms with van der Waals surface area (Å²) in [4.78, 5) is 26.2. The highest BCUT2D eigenvalue weighted by molar-refractivity contribution is 7.14. The number of benzene rings is 1. The summed E-state index contributed by atoms with van der Waals surface area (Å²) < 4.78 is 20.8. The van der Waals surface area contributed by atoms with Crippen molar-refractivity contribution in [3.8, 4) is 11.3 Å². The zero-order valence-electron chi connectivity index (χ0n) is 22.4. The van der Waals surface area contributed by atoms with Gasteiger partial charge in [0, 0.05) is 31.1 Å². The third-order valence-corrected chi connectivity index (χ3v) is 7.48. The van der Waals surface area contributed by atoms with E-state index in [1.54, 1.807) is 12.1 Å². The zero-order chi connectivity index (χ0) is 27.0. The molecule has 0 radical (unpaired) electrons. The molecule has 8 nitrogen and oxygen atoms in total. The minimum atomic E-state index is -0.472. The number of hydrogen-bond acceptors (Lipinski definition) is 8. The Morgan fingerprint density at radius 1 is 1.18 bits per heavy atom. The molecule has 0 bridgehead atoms. The molecule has 4 aromatic rings. The molecule has 0 saturated carbocycles. The Balaban J connectivity index is 1.38. The van der Waals surface area contributed by atoms with Crippen molar-refractivity contribution in [1.29, 1.82) is 0 Å². The summed E-state index contributed by atoms with van der Waals surface area (Å²) in [5.41, 5.74) is 2.89. The van der Waals surface area contributed by atoms with Gasteiger partial charge in [-0.2, -0.15) is 4.52 Å². The fourth-order valence-corrected chi connectivity index (χ4v) is 5.59. The minimum Gasteiger partial charge on any atom is -0.460 e. The Hall–Kier alpha value is -3.53. The third-order valence-electron chi connectivity index (χ3n) is 6.57. The number of fused-ring (bicyclic) bond motifs is 1. The molecule has 4 heterocycles. The van der Waals surface area contributed by atoms with Gasteiger partial charge in [-0.15, -0.1) is 16.4 Å². The van der Waals surface area contributed by atoms with E-state index in [4.69, 9.17) is 19.8 Å². The van der Waals surface area contributed by atoms with E-state index in [0.29, 0.717) is 6.42 Å². The number of aryl methyl sites for hydroxylation is 1. The number of ether oxygens (including phenoxy) is 1. The molecule has 1 unspecified atom stereocenters. The van der Waals surface area contributed by atoms with Crippen LogP contribution in [0.3, 0.4) is 0 Å². The van der Waals surface area contributed by atoms with Gasteiger partial charge in [-0.1, -0.05) is 6.92 Å². The summed E-state index contributed by atoms with van der Waals surface area (Å²) in [5, 5.41) is 7.75. The van der Waals surface area contributed by atoms with Crippen molar-refractivity contribution in [2.45, 2.75) is 52.6 Å². The van der Waals surface area contributed by atoms with Crippen LogP contribution in [0.2, 0.25) is 0 Å². The van der Waals surface area contributed by atoms with Crippen molar-refractivity contribution in [2.24, 2.45) is 5.92 Å². The second kappa shape index (κ2) is 10.3. The second-order valence-corrected chi connectivity index (χ2v) is 11.5. The van der Waals surface area contributed by atoms with Crippen molar-refractivity contribution in [2.75, 3.05) is 29.9 Å². The number of carbonyl (C=O) groups excluding carboxylic acids is 1. The lowest BCUT2D eigenvalue weighted by Crippen LogP contribution is -2.26. The smallest absolute Gasteiger partial charge is 0.306 e. The van der Waals surface area contributed by atoms with Gasteiger partial charge in [0.05, 0.1) is 17.8 Å². The lowest BCUT2D eigenvalue weighted by atomic mass is 10.1. The number of hydrogen-bond donors (Lipinski definition) is 0. The summed E-state index contributed by atoms with van der Waals surface area (Å²) in [6, 6.07) is 10.3. The molecule has 5 rings (SSSR count). The van der Waals surface area contributed by atoms with Crippen molar-refractivity contribution in [3.63, 3.8) is 0 Å². The van der Waals surface area contributed by atoms with Gasteiger partial charge in [0.1, 0.15) is 17.2 Å². The van der Waals surface area contributed by atoms with Gasteiger partial charge in [0.2, 0.25) is 0 Å². The molecular weight excluding hydrogens is 503 g/mol. The molecule has 10 heteroatoms. The number of imidazole rings is 1. The Kier molecular flexibility index (Phi) is 7.09. The molecule has 0 amide bonds. The Bertz CT molecular complexity index is 1440. The van der Waals surface area contributed by atoms with E-state index in [9.17, 15) is 9.18 Å². The molecule has 38 heavy (non-hydrogen) atoms. The molecule has 3 aromatic heterocycles. The Morgan fingerprint density at radius 3 is 2.66 bits per heavy atom. The van der Waals surface area contributed by atoms with Crippen molar-refractivity contribution in [1.82, 2.24) is 19.6 Å². The number of esters is 1. The van der Waals surface area contributed by atoms with Gasteiger partial charge < -0.3 is 14.5 Å². The summed E-state index contributed by atoms with van der Waals surface area (Å²) in [6.07, 6.45) is 2.08. The molecule has 1 aliphatic heterocycles. The van der Waals surface area contributed by atoms with Gasteiger partial charge in [-0.25, -0.2) is 14.4 Å². The normalized spacial score (nSPS) is 15.8. The summed E-state index contributed by atoms with van der Waals surface area (Å²) in [7, 11) is 1.97. The maximum absolute atomic E-state index is 13.4. The van der Waals surface area contributed by atoms with Crippen molar-refractivity contribution < 1.29 is 13.9 Å². The summed E-state index contributed by atoms with van der Waals surface area (Å²) in [5.74, 6) is 1.54. The monoisotopic (exact) mass is 536 g/mol. The number of anilines is 3. The van der Waals surface area contributed by atoms with Crippen LogP contribution in [0.25, 0.3) is 16.9 Å². The lowest BCUT2D eigenvalue weighted by Gasteiger charge is -2.21. The van der Waals surface area contributed by atoms with E-state index in [2.05, 4.69) is 11.8 Å². The molecule has 0 aliphatic carbocycles. The van der Waals surface area contributed by atoms with E-state index >= 15 is 0 Å². The van der Waals surface area contributed by atoms with Gasteiger partial charge >= 0.3 is 5.97 Å². The topological polar surface area (TPSA) is 75.9 Å². The highest BCUT2D eigenvalue weighted by Crippen LogP contribution is 2.34. The van der Waals surface area contributed by atoms with Gasteiger partial charge in [0.25, 0.3) is 0 Å². The summed E-state index contributed by atoms with van der Waals surface area (Å²) >= 11 is 1.52. The van der Waals surface area contributed by atoms with Crippen LogP contribution in [-0.4, -0.2) is 51.3 Å². The molecule has 1 atom stereocenters. The van der Waals surface area contributed by atoms with E-state index in [0.717, 1.165) is 65.3 Å². The molecule has 1 saturated heterocycles. The lowest BCUT2D eigenvalue weighted by molar-refractivity contribution is -0.155. The highest BCUT2D eigenvalue weighted by atomic mass is 32.1. The molecule has 1 aliphatic rings. The molecular formula is C28H33FN6O2S. The number of halogens is 1. The molecule has 1 aromatic carbocycles. The maximum Gasteiger partial charge on any atom is 0.306 e. The minimum absolute atomic E-state index is 0.151. The Morgan fingerprint density at radius 2 is 1.95 bits per heavy atom. The van der Waals surface area contributed by atoms with Crippen molar-refractivity contribution >= 4 is 39.7 Å². The first-order chi connectivity index (χ1) is 18.1. The quantitative estimate of drug-likeness (QED) is 0.273. The van der Waals surface area contributed by atoms with Crippen molar-refractivity contribution in [3.05, 3.63) is 53.3 Å². The first-order valence-electron chi connectivity index (χ1n) is 12.9. The number of aromatic nitrogens is 4. The maximum atomic E-state index is 13.4. The van der Waals surface area contributed by atoms with Gasteiger partial charge in [0.15, 0.2) is 16.6 Å². The van der Waals surface area contributed by atoms with E-state index < -0.39 is 5.60 Å². The molecule has 0 spiro atoms. The summed E-state index contributed by atoms with van der Waals surface area (Å²) in [6.45, 7) is 9.35. The molecule has 200 valence electrons. The van der Waals surface area contributed by atoms with Gasteiger partial charge in [-0.3, -0.25) is 4.79 Å². The number of carbonyl (C=O) groups is 1. The van der Waals surface area contributed by atoms with Crippen LogP contribution in [0, 0.1) is 11.7 Å². The predicted molar refractivity (Wildman–Crippen MR) is 149 cm³/mol. The largest absolute Gasteiger partial charge is 0.460 e. The molecule has 0 N–H and O–H groups in total. The average Bonchev–Trinajstić information content (AvgIpc) is 3.61. The first kappa shape index (κ1) is 26.1. The third kappa shape index (κ3) is 5.50. The fraction of sp³-hybridized carbons (Fsp3) is 0.429. The Labute approximate surface area is 226 Å². The van der Waals surface area contributed by atoms with E-state index in [1.807, 2.05) is 54.7 Å². The zero-order valence-corrected chi connectivity index (χ0v) is 23.3. The predicted octanol–water partition coefficient (Wildman–Crippen LogP) is 5.88. The number of rotatable bonds is 7. The standard InChI is InChI=1S/C28H33FN6O2S/c1-6-21-26(33(5)27-31-22(17-38-27)19-7-9-20(29)10-8-19)35-23(30-21)11-12-24(32-35)34-14-13-18(16-34)15-25(36)37-28(2,3)4/h7-12,17-18H,6,13-16H2,1-5H3. The number of nitrogens with zero attached hydrogens (tertiary/aromatic N) is 6. The first-order valence-corrected chi connectivity index (χ1v) is 13.8. The van der Waals surface area contributed by atoms with Crippen LogP contribution >= 0.6 is 11.3 Å². The molecule has 1 fully saturated rings.